The van der Waals surface area contributed by atoms with Crippen LogP contribution in [-0.2, 0) is 18.5 Å². The molecule has 0 aliphatic heterocycles. The molecule has 2 aromatic rings. The van der Waals surface area contributed by atoms with E-state index in [1.807, 2.05) is 17.6 Å². The van der Waals surface area contributed by atoms with Crippen LogP contribution in [0.5, 0.6) is 0 Å². The Morgan fingerprint density at radius 2 is 2.00 bits per heavy atom. The molecule has 98 valence electrons. The molecule has 0 fully saturated rings. The van der Waals surface area contributed by atoms with Crippen molar-refractivity contribution in [2.24, 2.45) is 5.73 Å². The third-order valence-electron chi connectivity index (χ3n) is 3.11. The summed E-state index contributed by atoms with van der Waals surface area (Å²) in [6.45, 7) is 9.41. The van der Waals surface area contributed by atoms with Crippen LogP contribution in [-0.4, -0.2) is 14.2 Å². The average Bonchev–Trinajstić information content (AvgIpc) is 2.73. The van der Waals surface area contributed by atoms with Gasteiger partial charge < -0.3 is 10.3 Å². The summed E-state index contributed by atoms with van der Waals surface area (Å²) in [7, 11) is 0. The smallest absolute Gasteiger partial charge is 0.274 e. The molecule has 0 aliphatic rings. The fourth-order valence-corrected chi connectivity index (χ4v) is 2.06. The first-order chi connectivity index (χ1) is 8.38. The van der Waals surface area contributed by atoms with Crippen LogP contribution in [0.2, 0.25) is 0 Å². The van der Waals surface area contributed by atoms with E-state index in [2.05, 4.69) is 25.9 Å². The summed E-state index contributed by atoms with van der Waals surface area (Å²) in [5.74, 6) is 0. The van der Waals surface area contributed by atoms with Gasteiger partial charge in [0.05, 0.1) is 5.69 Å². The lowest BCUT2D eigenvalue weighted by Crippen LogP contribution is -2.22. The lowest BCUT2D eigenvalue weighted by Gasteiger charge is -2.13. The van der Waals surface area contributed by atoms with Crippen molar-refractivity contribution in [3.05, 3.63) is 33.9 Å². The lowest BCUT2D eigenvalue weighted by atomic mass is 9.93. The first-order valence-electron chi connectivity index (χ1n) is 6.21. The summed E-state index contributed by atoms with van der Waals surface area (Å²) < 4.78 is 3.49. The molecule has 0 aromatic carbocycles. The average molecular weight is 248 g/mol. The van der Waals surface area contributed by atoms with Crippen LogP contribution >= 0.6 is 0 Å². The Labute approximate surface area is 106 Å². The van der Waals surface area contributed by atoms with Gasteiger partial charge in [0.1, 0.15) is 5.65 Å². The van der Waals surface area contributed by atoms with Crippen LogP contribution in [0.1, 0.15) is 39.1 Å². The number of nitrogens with two attached hydrogens (primary N) is 1. The van der Waals surface area contributed by atoms with Crippen LogP contribution in [0.25, 0.3) is 5.65 Å². The minimum Gasteiger partial charge on any atom is -0.329 e. The largest absolute Gasteiger partial charge is 0.329 e. The van der Waals surface area contributed by atoms with Crippen LogP contribution in [0.15, 0.2) is 16.9 Å². The minimum absolute atomic E-state index is 0.0765. The van der Waals surface area contributed by atoms with E-state index in [1.165, 1.54) is 4.52 Å². The molecule has 2 aromatic heterocycles. The van der Waals surface area contributed by atoms with E-state index in [0.717, 1.165) is 23.6 Å². The van der Waals surface area contributed by atoms with Gasteiger partial charge in [-0.1, -0.05) is 20.8 Å². The molecule has 2 rings (SSSR count). The second-order valence-electron chi connectivity index (χ2n) is 5.47. The predicted molar refractivity (Wildman–Crippen MR) is 71.7 cm³/mol. The summed E-state index contributed by atoms with van der Waals surface area (Å²) in [4.78, 5) is 12.0. The topological polar surface area (TPSA) is 65.3 Å². The highest BCUT2D eigenvalue weighted by molar-refractivity contribution is 5.43. The Bertz CT molecular complexity index is 631. The molecule has 0 aliphatic carbocycles. The summed E-state index contributed by atoms with van der Waals surface area (Å²) in [5, 5.41) is 4.41. The van der Waals surface area contributed by atoms with Crippen molar-refractivity contribution in [3.8, 4) is 0 Å². The number of nitrogens with zero attached hydrogens (tertiary/aromatic N) is 3. The van der Waals surface area contributed by atoms with Crippen LogP contribution < -0.4 is 11.3 Å². The van der Waals surface area contributed by atoms with Crippen molar-refractivity contribution in [1.29, 1.82) is 0 Å². The molecule has 0 bridgehead atoms. The highest BCUT2D eigenvalue weighted by Gasteiger charge is 2.20. The maximum absolute atomic E-state index is 12.0. The van der Waals surface area contributed by atoms with Gasteiger partial charge in [-0.25, -0.2) is 0 Å². The molecule has 0 spiro atoms. The normalized spacial score (nSPS) is 12.3. The van der Waals surface area contributed by atoms with E-state index < -0.39 is 0 Å². The Kier molecular flexibility index (Phi) is 3.02. The zero-order valence-corrected chi connectivity index (χ0v) is 11.4. The minimum atomic E-state index is -0.120. The molecule has 0 unspecified atom stereocenters. The first-order valence-corrected chi connectivity index (χ1v) is 6.21. The number of rotatable bonds is 2. The number of aromatic nitrogens is 3. The SMILES string of the molecule is CCn1c(CN)cc(=O)n2nc(C(C)(C)C)cc12. The number of hydrogen-bond donors (Lipinski definition) is 1. The second-order valence-corrected chi connectivity index (χ2v) is 5.47. The Morgan fingerprint density at radius 1 is 1.33 bits per heavy atom. The van der Waals surface area contributed by atoms with Gasteiger partial charge in [0, 0.05) is 36.3 Å². The third-order valence-corrected chi connectivity index (χ3v) is 3.11. The van der Waals surface area contributed by atoms with E-state index in [9.17, 15) is 4.79 Å². The first kappa shape index (κ1) is 12.8. The van der Waals surface area contributed by atoms with E-state index in [0.29, 0.717) is 6.54 Å². The highest BCUT2D eigenvalue weighted by atomic mass is 16.1. The molecule has 0 saturated carbocycles. The zero-order chi connectivity index (χ0) is 13.5. The van der Waals surface area contributed by atoms with E-state index >= 15 is 0 Å². The van der Waals surface area contributed by atoms with Gasteiger partial charge >= 0.3 is 0 Å². The van der Waals surface area contributed by atoms with Crippen molar-refractivity contribution < 1.29 is 0 Å². The fraction of sp³-hybridized carbons (Fsp3) is 0.538. The van der Waals surface area contributed by atoms with Crippen LogP contribution in [0, 0.1) is 0 Å². The molecule has 0 amide bonds. The lowest BCUT2D eigenvalue weighted by molar-refractivity contribution is 0.561. The Morgan fingerprint density at radius 3 is 2.50 bits per heavy atom. The van der Waals surface area contributed by atoms with Crippen molar-refractivity contribution in [2.75, 3.05) is 0 Å². The molecule has 5 heteroatoms. The Hall–Kier alpha value is -1.62. The molecule has 0 saturated heterocycles. The van der Waals surface area contributed by atoms with Crippen molar-refractivity contribution in [2.45, 2.75) is 46.2 Å². The highest BCUT2D eigenvalue weighted by Crippen LogP contribution is 2.21. The molecule has 2 N–H and O–H groups in total. The van der Waals surface area contributed by atoms with Crippen LogP contribution in [0.4, 0.5) is 0 Å². The maximum atomic E-state index is 12.0. The van der Waals surface area contributed by atoms with Crippen molar-refractivity contribution >= 4 is 5.65 Å². The predicted octanol–water partition coefficient (Wildman–Crippen LogP) is 1.27. The maximum Gasteiger partial charge on any atom is 0.274 e. The van der Waals surface area contributed by atoms with E-state index in [4.69, 9.17) is 5.73 Å². The summed E-state index contributed by atoms with van der Waals surface area (Å²) in [5.41, 5.74) is 8.06. The van der Waals surface area contributed by atoms with Gasteiger partial charge in [0.2, 0.25) is 0 Å². The van der Waals surface area contributed by atoms with E-state index in [1.54, 1.807) is 6.07 Å². The van der Waals surface area contributed by atoms with Gasteiger partial charge in [-0.2, -0.15) is 9.61 Å². The molecule has 0 radical (unpaired) electrons. The van der Waals surface area contributed by atoms with Gasteiger partial charge in [-0.15, -0.1) is 0 Å². The standard InChI is InChI=1S/C13H20N4O/c1-5-16-9(8-14)6-12(18)17-11(16)7-10(15-17)13(2,3)4/h6-7H,5,8,14H2,1-4H3. The summed E-state index contributed by atoms with van der Waals surface area (Å²) in [6, 6.07) is 3.54. The van der Waals surface area contributed by atoms with E-state index in [-0.39, 0.29) is 11.0 Å². The molecule has 5 nitrogen and oxygen atoms in total. The molecular weight excluding hydrogens is 228 g/mol. The van der Waals surface area contributed by atoms with Gasteiger partial charge in [0.25, 0.3) is 5.56 Å². The van der Waals surface area contributed by atoms with Gasteiger partial charge in [-0.05, 0) is 6.92 Å². The van der Waals surface area contributed by atoms with Crippen LogP contribution in [0.3, 0.4) is 0 Å². The molecule has 2 heterocycles. The fourth-order valence-electron chi connectivity index (χ4n) is 2.06. The summed E-state index contributed by atoms with van der Waals surface area (Å²) >= 11 is 0. The third kappa shape index (κ3) is 1.95. The number of aryl methyl sites for hydroxylation is 1. The Balaban J connectivity index is 2.83. The quantitative estimate of drug-likeness (QED) is 0.870. The summed E-state index contributed by atoms with van der Waals surface area (Å²) in [6.07, 6.45) is 0. The zero-order valence-electron chi connectivity index (χ0n) is 11.4. The molecule has 18 heavy (non-hydrogen) atoms. The van der Waals surface area contributed by atoms with Crippen molar-refractivity contribution in [3.63, 3.8) is 0 Å². The second kappa shape index (κ2) is 4.24. The van der Waals surface area contributed by atoms with Gasteiger partial charge in [0.15, 0.2) is 0 Å². The van der Waals surface area contributed by atoms with Crippen molar-refractivity contribution in [1.82, 2.24) is 14.2 Å². The number of fused-ring (bicyclic) bond motifs is 1. The monoisotopic (exact) mass is 248 g/mol. The molecular formula is C13H20N4O. The van der Waals surface area contributed by atoms with Gasteiger partial charge in [-0.3, -0.25) is 4.79 Å². The molecule has 0 atom stereocenters. The number of hydrogen-bond acceptors (Lipinski definition) is 3.